The minimum atomic E-state index is 0.0486. The third kappa shape index (κ3) is 2.75. The molecule has 0 aromatic carbocycles. The summed E-state index contributed by atoms with van der Waals surface area (Å²) in [5.74, 6) is 0. The highest BCUT2D eigenvalue weighted by molar-refractivity contribution is 5.08. The molecule has 1 spiro atoms. The number of likely N-dealkylation sites (tertiary alicyclic amines) is 1. The van der Waals surface area contributed by atoms with Gasteiger partial charge in [0.15, 0.2) is 0 Å². The molecule has 1 aromatic rings. The Balaban J connectivity index is 1.52. The third-order valence-electron chi connectivity index (χ3n) is 4.39. The lowest BCUT2D eigenvalue weighted by atomic mass is 9.84. The van der Waals surface area contributed by atoms with Crippen LogP contribution in [0.2, 0.25) is 0 Å². The highest BCUT2D eigenvalue weighted by Gasteiger charge is 2.47. The van der Waals surface area contributed by atoms with E-state index in [0.29, 0.717) is 12.1 Å². The molecule has 20 heavy (non-hydrogen) atoms. The first-order valence-electron chi connectivity index (χ1n) is 7.52. The SMILES string of the molecule is COC1CCOC2(C1)CN(Cc1cnn(C(C)C)c1)C2. The minimum absolute atomic E-state index is 0.0486. The van der Waals surface area contributed by atoms with Crippen LogP contribution in [-0.2, 0) is 16.0 Å². The van der Waals surface area contributed by atoms with Crippen LogP contribution < -0.4 is 0 Å². The maximum Gasteiger partial charge on any atom is 0.0959 e. The largest absolute Gasteiger partial charge is 0.381 e. The molecule has 1 aromatic heterocycles. The Hall–Kier alpha value is -0.910. The molecule has 0 radical (unpaired) electrons. The van der Waals surface area contributed by atoms with Crippen LogP contribution in [-0.4, -0.2) is 53.2 Å². The lowest BCUT2D eigenvalue weighted by Crippen LogP contribution is -2.65. The van der Waals surface area contributed by atoms with Crippen LogP contribution in [0.3, 0.4) is 0 Å². The Morgan fingerprint density at radius 1 is 1.50 bits per heavy atom. The van der Waals surface area contributed by atoms with Gasteiger partial charge in [0.1, 0.15) is 0 Å². The second-order valence-corrected chi connectivity index (χ2v) is 6.45. The Bertz CT molecular complexity index is 452. The molecule has 0 aliphatic carbocycles. The van der Waals surface area contributed by atoms with Crippen molar-refractivity contribution in [3.05, 3.63) is 18.0 Å². The summed E-state index contributed by atoms with van der Waals surface area (Å²) >= 11 is 0. The van der Waals surface area contributed by atoms with Crippen LogP contribution >= 0.6 is 0 Å². The van der Waals surface area contributed by atoms with Crippen molar-refractivity contribution in [2.45, 2.75) is 51.0 Å². The van der Waals surface area contributed by atoms with Gasteiger partial charge in [-0.25, -0.2) is 0 Å². The summed E-state index contributed by atoms with van der Waals surface area (Å²) in [6, 6.07) is 0.427. The van der Waals surface area contributed by atoms with Crippen molar-refractivity contribution in [2.75, 3.05) is 26.8 Å². The first-order chi connectivity index (χ1) is 9.60. The van der Waals surface area contributed by atoms with Crippen molar-refractivity contribution in [3.8, 4) is 0 Å². The number of nitrogens with zero attached hydrogens (tertiary/aromatic N) is 3. The fourth-order valence-corrected chi connectivity index (χ4v) is 3.28. The van der Waals surface area contributed by atoms with Crippen molar-refractivity contribution in [2.24, 2.45) is 0 Å². The van der Waals surface area contributed by atoms with E-state index in [1.807, 2.05) is 10.9 Å². The van der Waals surface area contributed by atoms with Gasteiger partial charge in [0.05, 0.1) is 17.9 Å². The highest BCUT2D eigenvalue weighted by Crippen LogP contribution is 2.35. The summed E-state index contributed by atoms with van der Waals surface area (Å²) in [6.45, 7) is 8.12. The highest BCUT2D eigenvalue weighted by atomic mass is 16.5. The molecule has 0 saturated carbocycles. The smallest absolute Gasteiger partial charge is 0.0959 e. The van der Waals surface area contributed by atoms with Crippen LogP contribution in [0.25, 0.3) is 0 Å². The van der Waals surface area contributed by atoms with Gasteiger partial charge in [-0.05, 0) is 20.3 Å². The zero-order valence-electron chi connectivity index (χ0n) is 12.7. The predicted octanol–water partition coefficient (Wildman–Crippen LogP) is 1.84. The topological polar surface area (TPSA) is 39.5 Å². The molecule has 2 aliphatic heterocycles. The summed E-state index contributed by atoms with van der Waals surface area (Å²) in [6.07, 6.45) is 6.56. The number of hydrogen-bond donors (Lipinski definition) is 0. The molecule has 2 fully saturated rings. The van der Waals surface area contributed by atoms with Crippen LogP contribution in [0.15, 0.2) is 12.4 Å². The van der Waals surface area contributed by atoms with Crippen LogP contribution in [0.5, 0.6) is 0 Å². The number of ether oxygens (including phenoxy) is 2. The van der Waals surface area contributed by atoms with Gasteiger partial charge in [-0.15, -0.1) is 0 Å². The van der Waals surface area contributed by atoms with E-state index in [1.165, 1.54) is 5.56 Å². The molecular formula is C15H25N3O2. The first kappa shape index (κ1) is 14.0. The summed E-state index contributed by atoms with van der Waals surface area (Å²) in [5, 5.41) is 4.40. The predicted molar refractivity (Wildman–Crippen MR) is 76.6 cm³/mol. The Kier molecular flexibility index (Phi) is 3.84. The average molecular weight is 279 g/mol. The van der Waals surface area contributed by atoms with E-state index in [9.17, 15) is 0 Å². The summed E-state index contributed by atoms with van der Waals surface area (Å²) in [7, 11) is 1.81. The lowest BCUT2D eigenvalue weighted by molar-refractivity contribution is -0.195. The van der Waals surface area contributed by atoms with Gasteiger partial charge in [-0.2, -0.15) is 5.10 Å². The van der Waals surface area contributed by atoms with Gasteiger partial charge in [0, 0.05) is 57.6 Å². The van der Waals surface area contributed by atoms with Crippen LogP contribution in [0.1, 0.15) is 38.3 Å². The molecule has 112 valence electrons. The third-order valence-corrected chi connectivity index (χ3v) is 4.39. The molecule has 2 saturated heterocycles. The average Bonchev–Trinajstić information content (AvgIpc) is 2.86. The van der Waals surface area contributed by atoms with E-state index in [0.717, 1.165) is 39.1 Å². The first-order valence-corrected chi connectivity index (χ1v) is 7.52. The Morgan fingerprint density at radius 2 is 2.30 bits per heavy atom. The van der Waals surface area contributed by atoms with Crippen LogP contribution in [0.4, 0.5) is 0 Å². The van der Waals surface area contributed by atoms with Crippen molar-refractivity contribution in [3.63, 3.8) is 0 Å². The lowest BCUT2D eigenvalue weighted by Gasteiger charge is -2.53. The van der Waals surface area contributed by atoms with Crippen molar-refractivity contribution in [1.82, 2.24) is 14.7 Å². The normalized spacial score (nSPS) is 26.1. The van der Waals surface area contributed by atoms with Gasteiger partial charge in [0.25, 0.3) is 0 Å². The summed E-state index contributed by atoms with van der Waals surface area (Å²) < 4.78 is 13.5. The number of rotatable bonds is 4. The molecule has 3 rings (SSSR count). The van der Waals surface area contributed by atoms with E-state index in [2.05, 4.69) is 30.0 Å². The van der Waals surface area contributed by atoms with E-state index in [-0.39, 0.29) is 5.60 Å². The molecule has 2 aliphatic rings. The summed E-state index contributed by atoms with van der Waals surface area (Å²) in [4.78, 5) is 2.43. The fraction of sp³-hybridized carbons (Fsp3) is 0.800. The van der Waals surface area contributed by atoms with Gasteiger partial charge in [-0.1, -0.05) is 0 Å². The van der Waals surface area contributed by atoms with Gasteiger partial charge >= 0.3 is 0 Å². The van der Waals surface area contributed by atoms with Crippen molar-refractivity contribution >= 4 is 0 Å². The molecule has 0 amide bonds. The van der Waals surface area contributed by atoms with Gasteiger partial charge < -0.3 is 9.47 Å². The van der Waals surface area contributed by atoms with Gasteiger partial charge in [-0.3, -0.25) is 9.58 Å². The maximum absolute atomic E-state index is 6.00. The maximum atomic E-state index is 6.00. The van der Waals surface area contributed by atoms with E-state index in [4.69, 9.17) is 9.47 Å². The zero-order chi connectivity index (χ0) is 14.2. The molecule has 5 heteroatoms. The molecule has 0 N–H and O–H groups in total. The number of hydrogen-bond acceptors (Lipinski definition) is 4. The van der Waals surface area contributed by atoms with Crippen molar-refractivity contribution < 1.29 is 9.47 Å². The quantitative estimate of drug-likeness (QED) is 0.843. The molecular weight excluding hydrogens is 254 g/mol. The van der Waals surface area contributed by atoms with E-state index in [1.54, 1.807) is 7.11 Å². The zero-order valence-corrected chi connectivity index (χ0v) is 12.7. The fourth-order valence-electron chi connectivity index (χ4n) is 3.28. The van der Waals surface area contributed by atoms with E-state index >= 15 is 0 Å². The standard InChI is InChI=1S/C15H25N3O2/c1-12(2)18-9-13(7-16-18)8-17-10-15(11-17)6-14(19-3)4-5-20-15/h7,9,12,14H,4-6,8,10-11H2,1-3H3. The molecule has 1 unspecified atom stereocenters. The second kappa shape index (κ2) is 5.47. The Morgan fingerprint density at radius 3 is 2.95 bits per heavy atom. The summed E-state index contributed by atoms with van der Waals surface area (Å²) in [5.41, 5.74) is 1.33. The van der Waals surface area contributed by atoms with Crippen LogP contribution in [0, 0.1) is 0 Å². The van der Waals surface area contributed by atoms with Gasteiger partial charge in [0.2, 0.25) is 0 Å². The monoisotopic (exact) mass is 279 g/mol. The second-order valence-electron chi connectivity index (χ2n) is 6.45. The minimum Gasteiger partial charge on any atom is -0.381 e. The number of aromatic nitrogens is 2. The molecule has 0 bridgehead atoms. The molecule has 3 heterocycles. The molecule has 5 nitrogen and oxygen atoms in total. The van der Waals surface area contributed by atoms with E-state index < -0.39 is 0 Å². The van der Waals surface area contributed by atoms with Crippen molar-refractivity contribution in [1.29, 1.82) is 0 Å². The molecule has 1 atom stereocenters. The Labute approximate surface area is 120 Å². The number of methoxy groups -OCH3 is 1.